The number of amides is 1. The number of rotatable bonds is 7. The standard InChI is InChI=1S/C18H18B3N7O3/c1-22-14-7-13(25-11-3-2-6-23-17(11)31-18(19,20)21)27-15-9(8-24-28(14)15)16(30)26-10-4-5-12(10)29/h2-3,6-8,10,12,22,29H,4-5H2,1H3,(H,25,27)(H,26,30)/t10-,12-/m0/s1. The minimum atomic E-state index is -1.92. The van der Waals surface area contributed by atoms with Crippen LogP contribution in [0.1, 0.15) is 23.2 Å². The van der Waals surface area contributed by atoms with Crippen molar-refractivity contribution in [1.29, 1.82) is 0 Å². The van der Waals surface area contributed by atoms with Crippen molar-refractivity contribution in [2.45, 2.75) is 30.3 Å². The van der Waals surface area contributed by atoms with Gasteiger partial charge in [-0.3, -0.25) is 4.79 Å². The Hall–Kier alpha value is -3.21. The van der Waals surface area contributed by atoms with Crippen LogP contribution >= 0.6 is 0 Å². The third-order valence-electron chi connectivity index (χ3n) is 4.83. The molecule has 3 heterocycles. The Kier molecular flexibility index (Phi) is 5.53. The summed E-state index contributed by atoms with van der Waals surface area (Å²) in [5.74, 6) is 0.667. The molecule has 31 heavy (non-hydrogen) atoms. The molecule has 0 aromatic carbocycles. The monoisotopic (exact) mass is 413 g/mol. The molecule has 6 radical (unpaired) electrons. The summed E-state index contributed by atoms with van der Waals surface area (Å²) in [6.07, 6.45) is 3.78. The highest BCUT2D eigenvalue weighted by Gasteiger charge is 2.31. The Bertz CT molecular complexity index is 1120. The summed E-state index contributed by atoms with van der Waals surface area (Å²) in [4.78, 5) is 21.3. The number of pyridine rings is 1. The highest BCUT2D eigenvalue weighted by molar-refractivity contribution is 6.58. The SMILES string of the molecule is [B]C([B])([B])Oc1ncccc1Nc1cc(NC)n2ncc(C(=O)N[C@H]3CC[C@@H]3O)c2n1. The van der Waals surface area contributed by atoms with Gasteiger partial charge in [-0.2, -0.15) is 9.61 Å². The fourth-order valence-electron chi connectivity index (χ4n) is 3.13. The van der Waals surface area contributed by atoms with Crippen LogP contribution in [0.15, 0.2) is 30.6 Å². The molecule has 2 atom stereocenters. The number of carbonyl (C=O) groups excluding carboxylic acids is 1. The molecule has 10 nitrogen and oxygen atoms in total. The van der Waals surface area contributed by atoms with Crippen LogP contribution in [0.4, 0.5) is 17.3 Å². The number of aromatic nitrogens is 4. The van der Waals surface area contributed by atoms with Crippen LogP contribution in [0.3, 0.4) is 0 Å². The van der Waals surface area contributed by atoms with Crippen LogP contribution in [0.2, 0.25) is 0 Å². The van der Waals surface area contributed by atoms with E-state index in [0.717, 1.165) is 6.42 Å². The Balaban J connectivity index is 1.67. The second kappa shape index (κ2) is 8.14. The molecule has 0 saturated heterocycles. The first-order chi connectivity index (χ1) is 14.7. The van der Waals surface area contributed by atoms with Gasteiger partial charge in [0, 0.05) is 19.3 Å². The summed E-state index contributed by atoms with van der Waals surface area (Å²) in [6.45, 7) is 0. The maximum Gasteiger partial charge on any atom is 0.257 e. The van der Waals surface area contributed by atoms with Crippen molar-refractivity contribution < 1.29 is 14.6 Å². The molecule has 4 rings (SSSR count). The van der Waals surface area contributed by atoms with E-state index >= 15 is 0 Å². The van der Waals surface area contributed by atoms with Crippen molar-refractivity contribution in [2.24, 2.45) is 0 Å². The number of aliphatic hydroxyl groups excluding tert-OH is 1. The van der Waals surface area contributed by atoms with Gasteiger partial charge in [-0.05, 0) is 30.3 Å². The molecule has 0 spiro atoms. The second-order valence-corrected chi connectivity index (χ2v) is 7.23. The first-order valence-electron chi connectivity index (χ1n) is 9.58. The maximum absolute atomic E-state index is 12.7. The number of nitrogens with zero attached hydrogens (tertiary/aromatic N) is 4. The number of aliphatic hydroxyl groups is 1. The zero-order chi connectivity index (χ0) is 22.2. The average molecular weight is 413 g/mol. The van der Waals surface area contributed by atoms with Gasteiger partial charge < -0.3 is 25.8 Å². The highest BCUT2D eigenvalue weighted by Crippen LogP contribution is 2.28. The molecule has 1 fully saturated rings. The van der Waals surface area contributed by atoms with Gasteiger partial charge in [0.05, 0.1) is 18.3 Å². The first kappa shape index (κ1) is 21.0. The number of hydrogen-bond donors (Lipinski definition) is 4. The van der Waals surface area contributed by atoms with E-state index in [0.29, 0.717) is 29.4 Å². The molecule has 3 aromatic heterocycles. The molecule has 0 aliphatic heterocycles. The van der Waals surface area contributed by atoms with Gasteiger partial charge in [0.25, 0.3) is 5.91 Å². The molecular formula is C18H18B3N7O3. The quantitative estimate of drug-likeness (QED) is 0.388. The van der Waals surface area contributed by atoms with Crippen LogP contribution in [-0.2, 0) is 0 Å². The molecule has 0 bridgehead atoms. The third kappa shape index (κ3) is 4.46. The van der Waals surface area contributed by atoms with E-state index in [9.17, 15) is 9.90 Å². The molecule has 1 aliphatic carbocycles. The molecule has 1 aliphatic rings. The second-order valence-electron chi connectivity index (χ2n) is 7.23. The number of hydrogen-bond acceptors (Lipinski definition) is 8. The number of nitrogens with one attached hydrogen (secondary N) is 3. The smallest absolute Gasteiger partial charge is 0.257 e. The van der Waals surface area contributed by atoms with Gasteiger partial charge in [-0.1, -0.05) is 0 Å². The van der Waals surface area contributed by atoms with Crippen LogP contribution in [-0.4, -0.2) is 78.6 Å². The van der Waals surface area contributed by atoms with E-state index < -0.39 is 11.4 Å². The molecule has 4 N–H and O–H groups in total. The van der Waals surface area contributed by atoms with Crippen molar-refractivity contribution in [1.82, 2.24) is 24.9 Å². The van der Waals surface area contributed by atoms with E-state index in [1.54, 1.807) is 25.2 Å². The number of carbonyl (C=O) groups is 1. The van der Waals surface area contributed by atoms with Gasteiger partial charge in [-0.25, -0.2) is 9.97 Å². The minimum absolute atomic E-state index is 0.0770. The Labute approximate surface area is 182 Å². The molecule has 1 saturated carbocycles. The summed E-state index contributed by atoms with van der Waals surface area (Å²) in [6, 6.07) is 4.78. The average Bonchev–Trinajstić information content (AvgIpc) is 3.14. The van der Waals surface area contributed by atoms with Crippen molar-refractivity contribution in [2.75, 3.05) is 17.7 Å². The summed E-state index contributed by atoms with van der Waals surface area (Å²) in [7, 11) is 18.3. The highest BCUT2D eigenvalue weighted by atomic mass is 16.5. The maximum atomic E-state index is 12.7. The number of fused-ring (bicyclic) bond motifs is 1. The predicted octanol–water partition coefficient (Wildman–Crippen LogP) is -0.342. The van der Waals surface area contributed by atoms with Gasteiger partial charge in [0.15, 0.2) is 5.65 Å². The summed E-state index contributed by atoms with van der Waals surface area (Å²) < 4.78 is 6.78. The van der Waals surface area contributed by atoms with E-state index in [1.165, 1.54) is 16.9 Å². The zero-order valence-electron chi connectivity index (χ0n) is 16.7. The normalized spacial score (nSPS) is 18.3. The lowest BCUT2D eigenvalue weighted by atomic mass is 9.52. The van der Waals surface area contributed by atoms with Gasteiger partial charge >= 0.3 is 0 Å². The predicted molar refractivity (Wildman–Crippen MR) is 117 cm³/mol. The van der Waals surface area contributed by atoms with Gasteiger partial charge in [0.2, 0.25) is 5.88 Å². The van der Waals surface area contributed by atoms with Crippen LogP contribution in [0.25, 0.3) is 5.65 Å². The molecule has 13 heteroatoms. The largest absolute Gasteiger partial charge is 0.499 e. The third-order valence-corrected chi connectivity index (χ3v) is 4.83. The number of anilines is 3. The lowest BCUT2D eigenvalue weighted by molar-refractivity contribution is 0.0448. The van der Waals surface area contributed by atoms with Crippen molar-refractivity contribution in [3.8, 4) is 5.88 Å². The van der Waals surface area contributed by atoms with E-state index in [2.05, 4.69) is 31.0 Å². The van der Waals surface area contributed by atoms with Crippen molar-refractivity contribution >= 4 is 52.4 Å². The minimum Gasteiger partial charge on any atom is -0.499 e. The lowest BCUT2D eigenvalue weighted by Gasteiger charge is -2.32. The fourth-order valence-corrected chi connectivity index (χ4v) is 3.13. The van der Waals surface area contributed by atoms with Crippen molar-refractivity contribution in [3.63, 3.8) is 0 Å². The lowest BCUT2D eigenvalue weighted by Crippen LogP contribution is -2.50. The van der Waals surface area contributed by atoms with Gasteiger partial charge in [-0.15, -0.1) is 0 Å². The zero-order valence-corrected chi connectivity index (χ0v) is 16.7. The Morgan fingerprint density at radius 2 is 2.16 bits per heavy atom. The molecule has 0 unspecified atom stereocenters. The molecule has 152 valence electrons. The number of ether oxygens (including phenoxy) is 1. The summed E-state index contributed by atoms with van der Waals surface area (Å²) >= 11 is 0. The van der Waals surface area contributed by atoms with Crippen LogP contribution in [0, 0.1) is 0 Å². The van der Waals surface area contributed by atoms with E-state index in [4.69, 9.17) is 28.3 Å². The Morgan fingerprint density at radius 3 is 2.81 bits per heavy atom. The van der Waals surface area contributed by atoms with E-state index in [1.807, 2.05) is 0 Å². The van der Waals surface area contributed by atoms with Gasteiger partial charge in [0.1, 0.15) is 46.4 Å². The van der Waals surface area contributed by atoms with Crippen LogP contribution < -0.4 is 20.7 Å². The molecule has 3 aromatic rings. The van der Waals surface area contributed by atoms with Crippen molar-refractivity contribution in [3.05, 3.63) is 36.2 Å². The Morgan fingerprint density at radius 1 is 1.35 bits per heavy atom. The topological polar surface area (TPSA) is 126 Å². The summed E-state index contributed by atoms with van der Waals surface area (Å²) in [5.41, 5.74) is 1.000. The van der Waals surface area contributed by atoms with E-state index in [-0.39, 0.29) is 23.4 Å². The first-order valence-corrected chi connectivity index (χ1v) is 9.58. The van der Waals surface area contributed by atoms with Crippen LogP contribution in [0.5, 0.6) is 5.88 Å². The summed E-state index contributed by atoms with van der Waals surface area (Å²) in [5, 5.41) is 21.0. The fraction of sp³-hybridized carbons (Fsp3) is 0.333. The molecular weight excluding hydrogens is 395 g/mol. The molecule has 1 amide bonds.